The monoisotopic (exact) mass is 290 g/mol. The molecule has 1 aliphatic heterocycles. The zero-order valence-electron chi connectivity index (χ0n) is 13.0. The molecule has 1 N–H and O–H groups in total. The van der Waals surface area contributed by atoms with Crippen molar-refractivity contribution < 1.29 is 9.53 Å². The highest BCUT2D eigenvalue weighted by molar-refractivity contribution is 5.78. The fourth-order valence-corrected chi connectivity index (χ4v) is 2.58. The molecule has 2 rings (SSSR count). The highest BCUT2D eigenvalue weighted by Gasteiger charge is 2.23. The molecule has 116 valence electrons. The zero-order chi connectivity index (χ0) is 15.1. The first kappa shape index (κ1) is 16.0. The number of hydrogen-bond donors (Lipinski definition) is 1. The molecular formula is C17H26N2O2. The van der Waals surface area contributed by atoms with E-state index in [1.54, 1.807) is 0 Å². The van der Waals surface area contributed by atoms with Gasteiger partial charge in [0.05, 0.1) is 19.3 Å². The van der Waals surface area contributed by atoms with E-state index in [-0.39, 0.29) is 17.9 Å². The number of hydrogen-bond acceptors (Lipinski definition) is 3. The number of amides is 1. The molecule has 2 atom stereocenters. The summed E-state index contributed by atoms with van der Waals surface area (Å²) in [6.45, 7) is 8.04. The Bertz CT molecular complexity index is 430. The Labute approximate surface area is 127 Å². The number of rotatable bonds is 6. The first-order valence-electron chi connectivity index (χ1n) is 7.86. The predicted octanol–water partition coefficient (Wildman–Crippen LogP) is 2.22. The lowest BCUT2D eigenvalue weighted by molar-refractivity contribution is -0.124. The number of nitrogens with one attached hydrogen (secondary N) is 1. The molecule has 1 amide bonds. The summed E-state index contributed by atoms with van der Waals surface area (Å²) in [5, 5.41) is 3.11. The van der Waals surface area contributed by atoms with Crippen LogP contribution in [0.5, 0.6) is 0 Å². The molecular weight excluding hydrogens is 264 g/mol. The molecule has 1 aliphatic rings. The number of carbonyl (C=O) groups excluding carboxylic acids is 1. The third-order valence-electron chi connectivity index (χ3n) is 4.20. The molecule has 4 heteroatoms. The molecule has 1 aromatic carbocycles. The maximum absolute atomic E-state index is 12.0. The van der Waals surface area contributed by atoms with Crippen LogP contribution in [-0.2, 0) is 9.53 Å². The van der Waals surface area contributed by atoms with Gasteiger partial charge in [-0.15, -0.1) is 0 Å². The van der Waals surface area contributed by atoms with Gasteiger partial charge in [0, 0.05) is 25.6 Å². The third kappa shape index (κ3) is 4.55. The SMILES string of the molecule is CCC(C)C(=O)NCC(c1ccccc1)N1CCOCC1. The van der Waals surface area contributed by atoms with Gasteiger partial charge in [0.25, 0.3) is 0 Å². The fourth-order valence-electron chi connectivity index (χ4n) is 2.58. The second-order valence-corrected chi connectivity index (χ2v) is 5.63. The highest BCUT2D eigenvalue weighted by atomic mass is 16.5. The minimum Gasteiger partial charge on any atom is -0.379 e. The summed E-state index contributed by atoms with van der Waals surface area (Å²) in [5.41, 5.74) is 1.25. The van der Waals surface area contributed by atoms with Gasteiger partial charge < -0.3 is 10.1 Å². The summed E-state index contributed by atoms with van der Waals surface area (Å²) in [4.78, 5) is 14.4. The van der Waals surface area contributed by atoms with Crippen molar-refractivity contribution in [2.45, 2.75) is 26.3 Å². The van der Waals surface area contributed by atoms with Gasteiger partial charge in [0.1, 0.15) is 0 Å². The van der Waals surface area contributed by atoms with Gasteiger partial charge in [-0.25, -0.2) is 0 Å². The van der Waals surface area contributed by atoms with E-state index >= 15 is 0 Å². The molecule has 1 saturated heterocycles. The maximum Gasteiger partial charge on any atom is 0.222 e. The van der Waals surface area contributed by atoms with Crippen LogP contribution < -0.4 is 5.32 Å². The molecule has 1 fully saturated rings. The van der Waals surface area contributed by atoms with Crippen molar-refractivity contribution in [1.29, 1.82) is 0 Å². The van der Waals surface area contributed by atoms with E-state index in [1.807, 2.05) is 19.9 Å². The Morgan fingerprint density at radius 3 is 2.57 bits per heavy atom. The van der Waals surface area contributed by atoms with Crippen molar-refractivity contribution in [2.75, 3.05) is 32.8 Å². The van der Waals surface area contributed by atoms with E-state index < -0.39 is 0 Å². The molecule has 1 aromatic rings. The number of ether oxygens (including phenoxy) is 1. The van der Waals surface area contributed by atoms with Crippen molar-refractivity contribution in [1.82, 2.24) is 10.2 Å². The maximum atomic E-state index is 12.0. The van der Waals surface area contributed by atoms with E-state index in [0.717, 1.165) is 32.7 Å². The normalized spacial score (nSPS) is 19.0. The van der Waals surface area contributed by atoms with Crippen LogP contribution in [0.4, 0.5) is 0 Å². The number of nitrogens with zero attached hydrogens (tertiary/aromatic N) is 1. The smallest absolute Gasteiger partial charge is 0.222 e. The van der Waals surface area contributed by atoms with Crippen LogP contribution in [0.1, 0.15) is 31.9 Å². The van der Waals surface area contributed by atoms with Crippen LogP contribution >= 0.6 is 0 Å². The summed E-state index contributed by atoms with van der Waals surface area (Å²) in [6.07, 6.45) is 0.874. The van der Waals surface area contributed by atoms with Crippen molar-refractivity contribution in [2.24, 2.45) is 5.92 Å². The molecule has 21 heavy (non-hydrogen) atoms. The van der Waals surface area contributed by atoms with E-state index in [9.17, 15) is 4.79 Å². The summed E-state index contributed by atoms with van der Waals surface area (Å²) >= 11 is 0. The minimum absolute atomic E-state index is 0.0751. The molecule has 2 unspecified atom stereocenters. The van der Waals surface area contributed by atoms with Gasteiger partial charge in [-0.3, -0.25) is 9.69 Å². The predicted molar refractivity (Wildman–Crippen MR) is 84.0 cm³/mol. The van der Waals surface area contributed by atoms with Crippen LogP contribution in [-0.4, -0.2) is 43.7 Å². The number of carbonyl (C=O) groups is 1. The quantitative estimate of drug-likeness (QED) is 0.873. The van der Waals surface area contributed by atoms with Gasteiger partial charge in [-0.05, 0) is 12.0 Å². The largest absolute Gasteiger partial charge is 0.379 e. The fraction of sp³-hybridized carbons (Fsp3) is 0.588. The van der Waals surface area contributed by atoms with Gasteiger partial charge in [0.15, 0.2) is 0 Å². The van der Waals surface area contributed by atoms with Crippen molar-refractivity contribution in [3.8, 4) is 0 Å². The Balaban J connectivity index is 2.03. The number of benzene rings is 1. The Morgan fingerprint density at radius 2 is 1.95 bits per heavy atom. The van der Waals surface area contributed by atoms with Gasteiger partial charge in [-0.2, -0.15) is 0 Å². The van der Waals surface area contributed by atoms with Gasteiger partial charge >= 0.3 is 0 Å². The lowest BCUT2D eigenvalue weighted by Gasteiger charge is -2.35. The third-order valence-corrected chi connectivity index (χ3v) is 4.20. The molecule has 0 bridgehead atoms. The van der Waals surface area contributed by atoms with Crippen LogP contribution in [0.3, 0.4) is 0 Å². The van der Waals surface area contributed by atoms with Crippen molar-refractivity contribution in [3.63, 3.8) is 0 Å². The topological polar surface area (TPSA) is 41.6 Å². The Kier molecular flexibility index (Phi) is 6.21. The Hall–Kier alpha value is -1.39. The molecule has 0 saturated carbocycles. The van der Waals surface area contributed by atoms with Crippen molar-refractivity contribution >= 4 is 5.91 Å². The van der Waals surface area contributed by atoms with Gasteiger partial charge in [-0.1, -0.05) is 44.2 Å². The molecule has 4 nitrogen and oxygen atoms in total. The zero-order valence-corrected chi connectivity index (χ0v) is 13.0. The standard InChI is InChI=1S/C17H26N2O2/c1-3-14(2)17(20)18-13-16(15-7-5-4-6-8-15)19-9-11-21-12-10-19/h4-8,14,16H,3,9-13H2,1-2H3,(H,18,20). The average molecular weight is 290 g/mol. The van der Waals surface area contributed by atoms with E-state index in [2.05, 4.69) is 34.5 Å². The van der Waals surface area contributed by atoms with E-state index in [0.29, 0.717) is 6.54 Å². The van der Waals surface area contributed by atoms with E-state index in [4.69, 9.17) is 4.74 Å². The van der Waals surface area contributed by atoms with Crippen LogP contribution in [0.25, 0.3) is 0 Å². The van der Waals surface area contributed by atoms with Crippen LogP contribution in [0.15, 0.2) is 30.3 Å². The first-order chi connectivity index (χ1) is 10.2. The van der Waals surface area contributed by atoms with E-state index in [1.165, 1.54) is 5.56 Å². The highest BCUT2D eigenvalue weighted by Crippen LogP contribution is 2.21. The lowest BCUT2D eigenvalue weighted by atomic mass is 10.0. The molecule has 0 aliphatic carbocycles. The van der Waals surface area contributed by atoms with Crippen LogP contribution in [0, 0.1) is 5.92 Å². The number of morpholine rings is 1. The first-order valence-corrected chi connectivity index (χ1v) is 7.86. The average Bonchev–Trinajstić information content (AvgIpc) is 2.56. The summed E-state index contributed by atoms with van der Waals surface area (Å²) in [7, 11) is 0. The second-order valence-electron chi connectivity index (χ2n) is 5.63. The van der Waals surface area contributed by atoms with Crippen LogP contribution in [0.2, 0.25) is 0 Å². The van der Waals surface area contributed by atoms with Gasteiger partial charge in [0.2, 0.25) is 5.91 Å². The minimum atomic E-state index is 0.0751. The summed E-state index contributed by atoms with van der Waals surface area (Å²) in [5.74, 6) is 0.220. The molecule has 0 aromatic heterocycles. The lowest BCUT2D eigenvalue weighted by Crippen LogP contribution is -2.44. The molecule has 0 radical (unpaired) electrons. The summed E-state index contributed by atoms with van der Waals surface area (Å²) in [6, 6.07) is 10.6. The van der Waals surface area contributed by atoms with Crippen molar-refractivity contribution in [3.05, 3.63) is 35.9 Å². The second kappa shape index (κ2) is 8.15. The Morgan fingerprint density at radius 1 is 1.29 bits per heavy atom. The summed E-state index contributed by atoms with van der Waals surface area (Å²) < 4.78 is 5.44. The molecule has 0 spiro atoms. The molecule has 1 heterocycles.